The van der Waals surface area contributed by atoms with Gasteiger partial charge >= 0.3 is 0 Å². The second-order valence-electron chi connectivity index (χ2n) is 3.50. The van der Waals surface area contributed by atoms with E-state index in [1.165, 1.54) is 14.2 Å². The lowest BCUT2D eigenvalue weighted by atomic mass is 10.1. The van der Waals surface area contributed by atoms with Gasteiger partial charge in [-0.3, -0.25) is 4.79 Å². The number of ether oxygens (including phenoxy) is 2. The largest absolute Gasteiger partial charge is 0.496 e. The van der Waals surface area contributed by atoms with Crippen LogP contribution in [-0.2, 0) is 0 Å². The van der Waals surface area contributed by atoms with E-state index < -0.39 is 6.04 Å². The van der Waals surface area contributed by atoms with Gasteiger partial charge in [-0.05, 0) is 13.8 Å². The molecule has 5 heteroatoms. The Kier molecular flexibility index (Phi) is 3.84. The van der Waals surface area contributed by atoms with Crippen molar-refractivity contribution in [1.82, 2.24) is 4.98 Å². The van der Waals surface area contributed by atoms with Gasteiger partial charge in [-0.2, -0.15) is 0 Å². The molecule has 0 aliphatic rings. The number of Topliss-reactive ketones (excluding diaryl/α,β-unsaturated/α-hetero) is 1. The SMILES string of the molecule is COc1cc(C)nc(OC)c1C(=O)C(C)N. The molecule has 1 atom stereocenters. The number of ketones is 1. The number of carbonyl (C=O) groups excluding carboxylic acids is 1. The molecule has 1 heterocycles. The fourth-order valence-electron chi connectivity index (χ4n) is 1.38. The third kappa shape index (κ3) is 2.30. The number of nitrogens with two attached hydrogens (primary N) is 1. The van der Waals surface area contributed by atoms with Crippen LogP contribution in [0.1, 0.15) is 23.0 Å². The first kappa shape index (κ1) is 12.4. The van der Waals surface area contributed by atoms with Gasteiger partial charge in [0, 0.05) is 11.8 Å². The van der Waals surface area contributed by atoms with Gasteiger partial charge in [0.2, 0.25) is 5.88 Å². The van der Waals surface area contributed by atoms with E-state index in [1.807, 2.05) is 0 Å². The second kappa shape index (κ2) is 4.94. The van der Waals surface area contributed by atoms with E-state index in [0.29, 0.717) is 11.3 Å². The zero-order valence-corrected chi connectivity index (χ0v) is 9.90. The van der Waals surface area contributed by atoms with Crippen LogP contribution in [0.2, 0.25) is 0 Å². The molecule has 1 unspecified atom stereocenters. The molecule has 0 aromatic carbocycles. The van der Waals surface area contributed by atoms with E-state index in [1.54, 1.807) is 19.9 Å². The molecule has 2 N–H and O–H groups in total. The lowest BCUT2D eigenvalue weighted by Crippen LogP contribution is -2.27. The fourth-order valence-corrected chi connectivity index (χ4v) is 1.38. The Labute approximate surface area is 94.6 Å². The molecule has 5 nitrogen and oxygen atoms in total. The van der Waals surface area contributed by atoms with E-state index in [-0.39, 0.29) is 11.7 Å². The highest BCUT2D eigenvalue weighted by atomic mass is 16.5. The molecule has 1 aromatic heterocycles. The molecule has 0 radical (unpaired) electrons. The van der Waals surface area contributed by atoms with Crippen LogP contribution < -0.4 is 15.2 Å². The minimum atomic E-state index is -0.618. The smallest absolute Gasteiger partial charge is 0.228 e. The van der Waals surface area contributed by atoms with Gasteiger partial charge in [0.1, 0.15) is 11.3 Å². The average Bonchev–Trinajstić information content (AvgIpc) is 2.26. The van der Waals surface area contributed by atoms with E-state index >= 15 is 0 Å². The quantitative estimate of drug-likeness (QED) is 0.770. The van der Waals surface area contributed by atoms with Crippen molar-refractivity contribution in [2.24, 2.45) is 5.73 Å². The molecule has 0 saturated heterocycles. The number of aryl methyl sites for hydroxylation is 1. The van der Waals surface area contributed by atoms with E-state index in [4.69, 9.17) is 15.2 Å². The summed E-state index contributed by atoms with van der Waals surface area (Å²) in [6.45, 7) is 3.41. The number of pyridine rings is 1. The molecular weight excluding hydrogens is 208 g/mol. The molecule has 0 saturated carbocycles. The summed E-state index contributed by atoms with van der Waals surface area (Å²) in [5, 5.41) is 0. The maximum atomic E-state index is 11.9. The van der Waals surface area contributed by atoms with Gasteiger partial charge < -0.3 is 15.2 Å². The monoisotopic (exact) mass is 224 g/mol. The maximum Gasteiger partial charge on any atom is 0.228 e. The molecule has 0 fully saturated rings. The van der Waals surface area contributed by atoms with Crippen LogP contribution in [0.4, 0.5) is 0 Å². The number of rotatable bonds is 4. The van der Waals surface area contributed by atoms with Crippen LogP contribution in [0.3, 0.4) is 0 Å². The number of hydrogen-bond acceptors (Lipinski definition) is 5. The molecule has 0 aliphatic heterocycles. The Bertz CT molecular complexity index is 377. The Morgan fingerprint density at radius 1 is 1.44 bits per heavy atom. The zero-order chi connectivity index (χ0) is 12.3. The van der Waals surface area contributed by atoms with Crippen molar-refractivity contribution in [3.05, 3.63) is 17.3 Å². The standard InChI is InChI=1S/C11H16N2O3/c1-6-5-8(15-3)9(10(14)7(2)12)11(13-6)16-4/h5,7H,12H2,1-4H3. The van der Waals surface area contributed by atoms with Gasteiger partial charge in [-0.15, -0.1) is 0 Å². The first-order chi connectivity index (χ1) is 7.51. The van der Waals surface area contributed by atoms with E-state index in [2.05, 4.69) is 4.98 Å². The minimum Gasteiger partial charge on any atom is -0.496 e. The van der Waals surface area contributed by atoms with Gasteiger partial charge in [0.05, 0.1) is 20.3 Å². The number of carbonyl (C=O) groups is 1. The number of nitrogens with zero attached hydrogens (tertiary/aromatic N) is 1. The Hall–Kier alpha value is -1.62. The predicted octanol–water partition coefficient (Wildman–Crippen LogP) is 0.937. The molecule has 88 valence electrons. The normalized spacial score (nSPS) is 12.1. The topological polar surface area (TPSA) is 74.4 Å². The summed E-state index contributed by atoms with van der Waals surface area (Å²) in [5.74, 6) is 0.437. The third-order valence-electron chi connectivity index (χ3n) is 2.15. The number of methoxy groups -OCH3 is 2. The Balaban J connectivity index is 3.38. The van der Waals surface area contributed by atoms with Crippen molar-refractivity contribution < 1.29 is 14.3 Å². The molecule has 1 aromatic rings. The minimum absolute atomic E-state index is 0.249. The summed E-state index contributed by atoms with van der Waals surface area (Å²) in [5.41, 5.74) is 6.58. The van der Waals surface area contributed by atoms with Crippen LogP contribution in [0, 0.1) is 6.92 Å². The highest BCUT2D eigenvalue weighted by Gasteiger charge is 2.22. The van der Waals surface area contributed by atoms with Crippen LogP contribution in [0.5, 0.6) is 11.6 Å². The first-order valence-corrected chi connectivity index (χ1v) is 4.90. The van der Waals surface area contributed by atoms with Crippen molar-refractivity contribution in [1.29, 1.82) is 0 Å². The van der Waals surface area contributed by atoms with Crippen LogP contribution in [-0.4, -0.2) is 31.0 Å². The highest BCUT2D eigenvalue weighted by molar-refractivity contribution is 6.04. The fraction of sp³-hybridized carbons (Fsp3) is 0.455. The average molecular weight is 224 g/mol. The summed E-state index contributed by atoms with van der Waals surface area (Å²) in [4.78, 5) is 16.0. The molecular formula is C11H16N2O3. The number of hydrogen-bond donors (Lipinski definition) is 1. The summed E-state index contributed by atoms with van der Waals surface area (Å²) in [6, 6.07) is 1.06. The Morgan fingerprint density at radius 2 is 2.06 bits per heavy atom. The lowest BCUT2D eigenvalue weighted by Gasteiger charge is -2.13. The van der Waals surface area contributed by atoms with Gasteiger partial charge in [0.15, 0.2) is 5.78 Å². The van der Waals surface area contributed by atoms with E-state index in [9.17, 15) is 4.79 Å². The lowest BCUT2D eigenvalue weighted by molar-refractivity contribution is 0.0961. The molecule has 0 spiro atoms. The predicted molar refractivity (Wildman–Crippen MR) is 60.1 cm³/mol. The maximum absolute atomic E-state index is 11.9. The molecule has 16 heavy (non-hydrogen) atoms. The van der Waals surface area contributed by atoms with Gasteiger partial charge in [-0.25, -0.2) is 4.98 Å². The summed E-state index contributed by atoms with van der Waals surface area (Å²) >= 11 is 0. The van der Waals surface area contributed by atoms with Crippen molar-refractivity contribution in [3.63, 3.8) is 0 Å². The van der Waals surface area contributed by atoms with E-state index in [0.717, 1.165) is 5.69 Å². The highest BCUT2D eigenvalue weighted by Crippen LogP contribution is 2.28. The van der Waals surface area contributed by atoms with Crippen molar-refractivity contribution in [3.8, 4) is 11.6 Å². The second-order valence-corrected chi connectivity index (χ2v) is 3.50. The number of aromatic nitrogens is 1. The van der Waals surface area contributed by atoms with Crippen molar-refractivity contribution >= 4 is 5.78 Å². The molecule has 0 aliphatic carbocycles. The van der Waals surface area contributed by atoms with Crippen LogP contribution >= 0.6 is 0 Å². The molecule has 0 bridgehead atoms. The van der Waals surface area contributed by atoms with Crippen molar-refractivity contribution in [2.75, 3.05) is 14.2 Å². The van der Waals surface area contributed by atoms with Gasteiger partial charge in [0.25, 0.3) is 0 Å². The first-order valence-electron chi connectivity index (χ1n) is 4.90. The van der Waals surface area contributed by atoms with Crippen molar-refractivity contribution in [2.45, 2.75) is 19.9 Å². The van der Waals surface area contributed by atoms with Gasteiger partial charge in [-0.1, -0.05) is 0 Å². The third-order valence-corrected chi connectivity index (χ3v) is 2.15. The zero-order valence-electron chi connectivity index (χ0n) is 9.90. The van der Waals surface area contributed by atoms with Crippen LogP contribution in [0.15, 0.2) is 6.07 Å². The molecule has 1 rings (SSSR count). The summed E-state index contributed by atoms with van der Waals surface area (Å²) < 4.78 is 10.2. The summed E-state index contributed by atoms with van der Waals surface area (Å²) in [6.07, 6.45) is 0. The Morgan fingerprint density at radius 3 is 2.50 bits per heavy atom. The van der Waals surface area contributed by atoms with Crippen LogP contribution in [0.25, 0.3) is 0 Å². The summed E-state index contributed by atoms with van der Waals surface area (Å²) in [7, 11) is 2.95. The molecule has 0 amide bonds.